The van der Waals surface area contributed by atoms with Gasteiger partial charge < -0.3 is 5.32 Å². The highest BCUT2D eigenvalue weighted by atomic mass is 32.2. The van der Waals surface area contributed by atoms with Crippen LogP contribution in [0, 0.1) is 5.41 Å². The molecule has 1 N–H and O–H groups in total. The molecular weight excluding hydrogens is 328 g/mol. The Kier molecular flexibility index (Phi) is 3.13. The number of benzene rings is 1. The van der Waals surface area contributed by atoms with E-state index in [1.54, 1.807) is 22.9 Å². The van der Waals surface area contributed by atoms with Gasteiger partial charge in [0.25, 0.3) is 0 Å². The maximum atomic E-state index is 12.2. The number of carbonyl (C=O) groups excluding carboxylic acids is 1. The molecule has 1 aliphatic heterocycles. The van der Waals surface area contributed by atoms with E-state index in [1.807, 2.05) is 13.8 Å². The molecule has 1 amide bonds. The van der Waals surface area contributed by atoms with Crippen LogP contribution in [-0.4, -0.2) is 21.4 Å². The summed E-state index contributed by atoms with van der Waals surface area (Å²) in [6.45, 7) is 6.44. The number of amides is 1. The van der Waals surface area contributed by atoms with Crippen LogP contribution in [0.4, 0.5) is 0 Å². The second-order valence-corrected chi connectivity index (χ2v) is 11.1. The van der Waals surface area contributed by atoms with Crippen LogP contribution in [0.2, 0.25) is 0 Å². The molecule has 1 saturated heterocycles. The highest BCUT2D eigenvalue weighted by molar-refractivity contribution is 8.16. The van der Waals surface area contributed by atoms with E-state index in [0.717, 1.165) is 18.0 Å². The fraction of sp³-hybridized carbons (Fsp3) is 0.619. The standard InChI is InChI=1S/C21H26N2OS/c1-19(2)17(24)22-18(25-19)23-21-10-13-8-20(3,12-21)9-14(11-21)16-7-5-4-6-15(13)16/h4-7,13-14H,8-12H2,1-3H3,(H,22,23,24). The summed E-state index contributed by atoms with van der Waals surface area (Å²) < 4.78 is -0.399. The molecule has 4 heteroatoms. The summed E-state index contributed by atoms with van der Waals surface area (Å²) in [6.07, 6.45) is 6.02. The van der Waals surface area contributed by atoms with Crippen molar-refractivity contribution in [3.63, 3.8) is 0 Å². The lowest BCUT2D eigenvalue weighted by Crippen LogP contribution is -2.46. The molecule has 5 aliphatic rings. The molecular formula is C21H26N2OS. The largest absolute Gasteiger partial charge is 0.304 e. The molecule has 2 unspecified atom stereocenters. The van der Waals surface area contributed by atoms with Crippen LogP contribution in [0.15, 0.2) is 29.3 Å². The topological polar surface area (TPSA) is 41.5 Å². The number of aliphatic imine (C=N–C) groups is 1. The fourth-order valence-corrected chi connectivity index (χ4v) is 7.16. The number of carbonyl (C=O) groups is 1. The molecule has 4 aliphatic carbocycles. The third kappa shape index (κ3) is 2.40. The van der Waals surface area contributed by atoms with Gasteiger partial charge in [-0.2, -0.15) is 0 Å². The van der Waals surface area contributed by atoms with Crippen molar-refractivity contribution in [1.82, 2.24) is 5.32 Å². The Morgan fingerprint density at radius 1 is 1.04 bits per heavy atom. The molecule has 25 heavy (non-hydrogen) atoms. The molecule has 2 saturated carbocycles. The van der Waals surface area contributed by atoms with Crippen molar-refractivity contribution in [2.45, 2.75) is 75.0 Å². The first-order chi connectivity index (χ1) is 11.8. The first-order valence-electron chi connectivity index (χ1n) is 9.47. The van der Waals surface area contributed by atoms with Gasteiger partial charge in [-0.05, 0) is 74.3 Å². The number of nitrogens with zero attached hydrogens (tertiary/aromatic N) is 1. The quantitative estimate of drug-likeness (QED) is 0.801. The summed E-state index contributed by atoms with van der Waals surface area (Å²) >= 11 is 1.60. The first kappa shape index (κ1) is 15.9. The SMILES string of the molecule is CC12CC3CC(N=C4NC(=O)C(C)(C)S4)(CC(C1)c1ccccc13)C2. The number of amidine groups is 1. The van der Waals surface area contributed by atoms with Gasteiger partial charge in [-0.3, -0.25) is 9.79 Å². The Morgan fingerprint density at radius 2 is 1.64 bits per heavy atom. The lowest BCUT2D eigenvalue weighted by Gasteiger charge is -2.52. The van der Waals surface area contributed by atoms with Crippen molar-refractivity contribution in [2.24, 2.45) is 10.4 Å². The summed E-state index contributed by atoms with van der Waals surface area (Å²) in [7, 11) is 0. The van der Waals surface area contributed by atoms with E-state index in [1.165, 1.54) is 19.3 Å². The number of hydrogen-bond acceptors (Lipinski definition) is 3. The summed E-state index contributed by atoms with van der Waals surface area (Å²) in [6, 6.07) is 9.09. The van der Waals surface area contributed by atoms with Crippen molar-refractivity contribution < 1.29 is 4.79 Å². The summed E-state index contributed by atoms with van der Waals surface area (Å²) in [5.41, 5.74) is 3.51. The summed E-state index contributed by atoms with van der Waals surface area (Å²) in [5.74, 6) is 1.32. The second kappa shape index (κ2) is 4.91. The van der Waals surface area contributed by atoms with E-state index in [-0.39, 0.29) is 11.4 Å². The third-order valence-electron chi connectivity index (χ3n) is 6.82. The minimum absolute atomic E-state index is 0.00433. The second-order valence-electron chi connectivity index (χ2n) is 9.53. The highest BCUT2D eigenvalue weighted by Crippen LogP contribution is 2.64. The Labute approximate surface area is 154 Å². The average Bonchev–Trinajstić information content (AvgIpc) is 2.66. The minimum atomic E-state index is -0.399. The van der Waals surface area contributed by atoms with Crippen LogP contribution in [0.3, 0.4) is 0 Å². The minimum Gasteiger partial charge on any atom is -0.304 e. The average molecular weight is 355 g/mol. The van der Waals surface area contributed by atoms with E-state index in [2.05, 4.69) is 36.5 Å². The van der Waals surface area contributed by atoms with Gasteiger partial charge >= 0.3 is 0 Å². The Hall–Kier alpha value is -1.29. The first-order valence-corrected chi connectivity index (χ1v) is 10.3. The van der Waals surface area contributed by atoms with Gasteiger partial charge in [0.05, 0.1) is 10.3 Å². The highest BCUT2D eigenvalue weighted by Gasteiger charge is 2.55. The monoisotopic (exact) mass is 354 g/mol. The third-order valence-corrected chi connectivity index (χ3v) is 7.90. The number of nitrogens with one attached hydrogen (secondary N) is 1. The van der Waals surface area contributed by atoms with Gasteiger partial charge in [0.1, 0.15) is 0 Å². The van der Waals surface area contributed by atoms with Gasteiger partial charge in [0.2, 0.25) is 5.91 Å². The molecule has 1 heterocycles. The molecule has 0 radical (unpaired) electrons. The molecule has 0 aromatic heterocycles. The normalized spacial score (nSPS) is 42.4. The Balaban J connectivity index is 1.58. The maximum absolute atomic E-state index is 12.2. The molecule has 2 atom stereocenters. The smallest absolute Gasteiger partial charge is 0.242 e. The van der Waals surface area contributed by atoms with Gasteiger partial charge in [0.15, 0.2) is 5.17 Å². The van der Waals surface area contributed by atoms with Crippen LogP contribution in [0.25, 0.3) is 0 Å². The molecule has 3 fully saturated rings. The van der Waals surface area contributed by atoms with Crippen molar-refractivity contribution in [1.29, 1.82) is 0 Å². The lowest BCUT2D eigenvalue weighted by molar-refractivity contribution is -0.120. The Bertz CT molecular complexity index is 762. The van der Waals surface area contributed by atoms with Gasteiger partial charge in [-0.15, -0.1) is 0 Å². The number of hydrogen-bond donors (Lipinski definition) is 1. The van der Waals surface area contributed by atoms with Gasteiger partial charge in [-0.1, -0.05) is 43.0 Å². The Morgan fingerprint density at radius 3 is 2.16 bits per heavy atom. The molecule has 6 rings (SSSR count). The predicted molar refractivity (Wildman–Crippen MR) is 103 cm³/mol. The van der Waals surface area contributed by atoms with E-state index < -0.39 is 4.75 Å². The van der Waals surface area contributed by atoms with E-state index in [0.29, 0.717) is 17.3 Å². The lowest BCUT2D eigenvalue weighted by atomic mass is 9.55. The summed E-state index contributed by atoms with van der Waals surface area (Å²) in [4.78, 5) is 17.4. The zero-order chi connectivity index (χ0) is 17.4. The molecule has 1 aromatic carbocycles. The van der Waals surface area contributed by atoms with E-state index in [4.69, 9.17) is 4.99 Å². The fourth-order valence-electron chi connectivity index (χ4n) is 6.15. The predicted octanol–water partition coefficient (Wildman–Crippen LogP) is 4.59. The zero-order valence-corrected chi connectivity index (χ0v) is 16.1. The zero-order valence-electron chi connectivity index (χ0n) is 15.3. The number of thioether (sulfide) groups is 1. The van der Waals surface area contributed by atoms with Gasteiger partial charge in [-0.25, -0.2) is 0 Å². The van der Waals surface area contributed by atoms with Crippen molar-refractivity contribution in [3.05, 3.63) is 35.4 Å². The maximum Gasteiger partial charge on any atom is 0.242 e. The van der Waals surface area contributed by atoms with Crippen LogP contribution in [0.5, 0.6) is 0 Å². The summed E-state index contributed by atoms with van der Waals surface area (Å²) in [5, 5.41) is 3.90. The van der Waals surface area contributed by atoms with E-state index >= 15 is 0 Å². The molecule has 3 nitrogen and oxygen atoms in total. The van der Waals surface area contributed by atoms with Crippen molar-refractivity contribution in [2.75, 3.05) is 0 Å². The molecule has 0 spiro atoms. The van der Waals surface area contributed by atoms with Crippen molar-refractivity contribution in [3.8, 4) is 0 Å². The molecule has 4 bridgehead atoms. The van der Waals surface area contributed by atoms with Crippen molar-refractivity contribution >= 4 is 22.8 Å². The van der Waals surface area contributed by atoms with Crippen LogP contribution < -0.4 is 5.32 Å². The van der Waals surface area contributed by atoms with Crippen LogP contribution in [0.1, 0.15) is 75.8 Å². The van der Waals surface area contributed by atoms with Gasteiger partial charge in [0, 0.05) is 0 Å². The number of rotatable bonds is 1. The van der Waals surface area contributed by atoms with E-state index in [9.17, 15) is 4.79 Å². The van der Waals surface area contributed by atoms with Crippen LogP contribution in [-0.2, 0) is 4.79 Å². The molecule has 1 aromatic rings. The molecule has 132 valence electrons. The van der Waals surface area contributed by atoms with Crippen LogP contribution >= 0.6 is 11.8 Å².